The summed E-state index contributed by atoms with van der Waals surface area (Å²) < 4.78 is 17.7. The Morgan fingerprint density at radius 1 is 0.875 bits per heavy atom. The van der Waals surface area contributed by atoms with Crippen molar-refractivity contribution in [2.45, 2.75) is 24.7 Å². The summed E-state index contributed by atoms with van der Waals surface area (Å²) in [5, 5.41) is 0. The van der Waals surface area contributed by atoms with Gasteiger partial charge in [0.25, 0.3) is 0 Å². The molecule has 2 heterocycles. The quantitative estimate of drug-likeness (QED) is 0.498. The molecule has 0 saturated carbocycles. The van der Waals surface area contributed by atoms with Crippen molar-refractivity contribution < 1.29 is 14.2 Å². The third-order valence-electron chi connectivity index (χ3n) is 6.72. The molecule has 166 valence electrons. The highest BCUT2D eigenvalue weighted by molar-refractivity contribution is 5.51. The summed E-state index contributed by atoms with van der Waals surface area (Å²) in [6.07, 6.45) is 2.63. The molecule has 4 heteroatoms. The number of benzene rings is 3. The summed E-state index contributed by atoms with van der Waals surface area (Å²) in [6, 6.07) is 25.5. The Kier molecular flexibility index (Phi) is 6.31. The molecular formula is C28H31NO3. The molecule has 3 aromatic carbocycles. The minimum atomic E-state index is 0.214. The summed E-state index contributed by atoms with van der Waals surface area (Å²) in [6.45, 7) is 4.80. The molecule has 2 atom stereocenters. The zero-order chi connectivity index (χ0) is 21.8. The van der Waals surface area contributed by atoms with Crippen molar-refractivity contribution >= 4 is 0 Å². The third-order valence-corrected chi connectivity index (χ3v) is 6.72. The number of nitrogens with zero attached hydrogens (tertiary/aromatic N) is 1. The second-order valence-corrected chi connectivity index (χ2v) is 8.68. The Balaban J connectivity index is 1.39. The van der Waals surface area contributed by atoms with Crippen LogP contribution in [0.15, 0.2) is 72.8 Å². The number of methoxy groups -OCH3 is 1. The molecule has 4 nitrogen and oxygen atoms in total. The van der Waals surface area contributed by atoms with E-state index in [9.17, 15) is 0 Å². The number of rotatable bonds is 7. The van der Waals surface area contributed by atoms with E-state index in [2.05, 4.69) is 65.6 Å². The Labute approximate surface area is 190 Å². The number of ether oxygens (including phenoxy) is 3. The molecule has 0 aliphatic carbocycles. The van der Waals surface area contributed by atoms with E-state index in [0.29, 0.717) is 6.61 Å². The fourth-order valence-electron chi connectivity index (χ4n) is 4.99. The second kappa shape index (κ2) is 9.66. The fraction of sp³-hybridized carbons (Fsp3) is 0.357. The van der Waals surface area contributed by atoms with Crippen LogP contribution in [0, 0.1) is 0 Å². The molecule has 0 unspecified atom stereocenters. The molecular weight excluding hydrogens is 398 g/mol. The molecule has 0 spiro atoms. The molecule has 2 aliphatic heterocycles. The lowest BCUT2D eigenvalue weighted by atomic mass is 9.76. The Morgan fingerprint density at radius 2 is 1.62 bits per heavy atom. The van der Waals surface area contributed by atoms with Crippen LogP contribution < -0.4 is 14.2 Å². The zero-order valence-corrected chi connectivity index (χ0v) is 18.7. The number of likely N-dealkylation sites (tertiary alicyclic amines) is 1. The minimum Gasteiger partial charge on any atom is -0.497 e. The number of hydrogen-bond acceptors (Lipinski definition) is 4. The van der Waals surface area contributed by atoms with Crippen molar-refractivity contribution in [2.75, 3.05) is 40.0 Å². The topological polar surface area (TPSA) is 30.9 Å². The number of fused-ring (bicyclic) bond motifs is 1. The van der Waals surface area contributed by atoms with E-state index in [4.69, 9.17) is 14.2 Å². The van der Waals surface area contributed by atoms with Gasteiger partial charge in [0.15, 0.2) is 0 Å². The predicted molar refractivity (Wildman–Crippen MR) is 127 cm³/mol. The van der Waals surface area contributed by atoms with Crippen LogP contribution in [-0.4, -0.2) is 44.9 Å². The third kappa shape index (κ3) is 4.46. The molecule has 1 saturated heterocycles. The second-order valence-electron chi connectivity index (χ2n) is 8.68. The molecule has 5 rings (SSSR count). The lowest BCUT2D eigenvalue weighted by molar-refractivity contribution is 0.237. The first-order chi connectivity index (χ1) is 15.8. The highest BCUT2D eigenvalue weighted by atomic mass is 16.5. The van der Waals surface area contributed by atoms with E-state index in [1.54, 1.807) is 7.11 Å². The molecule has 0 N–H and O–H groups in total. The maximum Gasteiger partial charge on any atom is 0.126 e. The van der Waals surface area contributed by atoms with Gasteiger partial charge in [-0.2, -0.15) is 0 Å². The predicted octanol–water partition coefficient (Wildman–Crippen LogP) is 5.48. The maximum atomic E-state index is 6.20. The SMILES string of the molecule is COc1ccc2c(c1)OC[C@H](c1ccccc1)[C@H]2c1ccc(OCCN2CCCC2)cc1. The first-order valence-corrected chi connectivity index (χ1v) is 11.6. The molecule has 1 fully saturated rings. The van der Waals surface area contributed by atoms with E-state index in [1.165, 1.54) is 42.6 Å². The first kappa shape index (κ1) is 20.9. The van der Waals surface area contributed by atoms with Gasteiger partial charge in [0.1, 0.15) is 23.9 Å². The Morgan fingerprint density at radius 3 is 2.38 bits per heavy atom. The summed E-state index contributed by atoms with van der Waals surface area (Å²) in [5.74, 6) is 3.13. The minimum absolute atomic E-state index is 0.214. The van der Waals surface area contributed by atoms with Crippen molar-refractivity contribution in [1.29, 1.82) is 0 Å². The smallest absolute Gasteiger partial charge is 0.126 e. The normalized spacial score (nSPS) is 20.4. The van der Waals surface area contributed by atoms with E-state index in [1.807, 2.05) is 12.1 Å². The highest BCUT2D eigenvalue weighted by Gasteiger charge is 2.33. The largest absolute Gasteiger partial charge is 0.497 e. The molecule has 32 heavy (non-hydrogen) atoms. The van der Waals surface area contributed by atoms with E-state index >= 15 is 0 Å². The molecule has 0 amide bonds. The van der Waals surface area contributed by atoms with Crippen LogP contribution in [-0.2, 0) is 0 Å². The van der Waals surface area contributed by atoms with E-state index in [0.717, 1.165) is 30.4 Å². The Hall–Kier alpha value is -2.98. The van der Waals surface area contributed by atoms with Crippen molar-refractivity contribution in [3.8, 4) is 17.2 Å². The van der Waals surface area contributed by atoms with Gasteiger partial charge in [0.2, 0.25) is 0 Å². The van der Waals surface area contributed by atoms with E-state index in [-0.39, 0.29) is 11.8 Å². The molecule has 2 aliphatic rings. The lowest BCUT2D eigenvalue weighted by Gasteiger charge is -2.34. The molecule has 0 radical (unpaired) electrons. The van der Waals surface area contributed by atoms with Gasteiger partial charge < -0.3 is 14.2 Å². The van der Waals surface area contributed by atoms with Gasteiger partial charge in [0, 0.05) is 30.0 Å². The molecule has 0 aromatic heterocycles. The van der Waals surface area contributed by atoms with Gasteiger partial charge in [-0.1, -0.05) is 48.5 Å². The van der Waals surface area contributed by atoms with Crippen LogP contribution in [0.5, 0.6) is 17.2 Å². The monoisotopic (exact) mass is 429 g/mol. The lowest BCUT2D eigenvalue weighted by Crippen LogP contribution is -2.25. The average Bonchev–Trinajstić information content (AvgIpc) is 3.37. The summed E-state index contributed by atoms with van der Waals surface area (Å²) in [4.78, 5) is 2.48. The van der Waals surface area contributed by atoms with Crippen LogP contribution in [0.3, 0.4) is 0 Å². The summed E-state index contributed by atoms with van der Waals surface area (Å²) in [7, 11) is 1.69. The van der Waals surface area contributed by atoms with Crippen LogP contribution in [0.1, 0.15) is 41.4 Å². The van der Waals surface area contributed by atoms with Gasteiger partial charge in [-0.15, -0.1) is 0 Å². The van der Waals surface area contributed by atoms with Crippen LogP contribution in [0.2, 0.25) is 0 Å². The van der Waals surface area contributed by atoms with Crippen LogP contribution in [0.25, 0.3) is 0 Å². The van der Waals surface area contributed by atoms with Gasteiger partial charge in [-0.3, -0.25) is 4.90 Å². The summed E-state index contributed by atoms with van der Waals surface area (Å²) >= 11 is 0. The molecule has 0 bridgehead atoms. The fourth-order valence-corrected chi connectivity index (χ4v) is 4.99. The highest BCUT2D eigenvalue weighted by Crippen LogP contribution is 2.47. The van der Waals surface area contributed by atoms with E-state index < -0.39 is 0 Å². The molecule has 3 aromatic rings. The van der Waals surface area contributed by atoms with Crippen molar-refractivity contribution in [1.82, 2.24) is 4.90 Å². The van der Waals surface area contributed by atoms with Crippen LogP contribution >= 0.6 is 0 Å². The maximum absolute atomic E-state index is 6.20. The average molecular weight is 430 g/mol. The zero-order valence-electron chi connectivity index (χ0n) is 18.7. The van der Waals surface area contributed by atoms with Crippen molar-refractivity contribution in [3.05, 3.63) is 89.5 Å². The van der Waals surface area contributed by atoms with Gasteiger partial charge in [0.05, 0.1) is 13.7 Å². The van der Waals surface area contributed by atoms with Crippen molar-refractivity contribution in [3.63, 3.8) is 0 Å². The van der Waals surface area contributed by atoms with Crippen LogP contribution in [0.4, 0.5) is 0 Å². The standard InChI is InChI=1S/C28H31NO3/c1-30-24-13-14-25-27(19-24)32-20-26(21-7-3-2-4-8-21)28(25)22-9-11-23(12-10-22)31-18-17-29-15-5-6-16-29/h2-4,7-14,19,26,28H,5-6,15-18,20H2,1H3/t26-,28+/m1/s1. The number of hydrogen-bond donors (Lipinski definition) is 0. The first-order valence-electron chi connectivity index (χ1n) is 11.6. The summed E-state index contributed by atoms with van der Waals surface area (Å²) in [5.41, 5.74) is 3.78. The van der Waals surface area contributed by atoms with Gasteiger partial charge in [-0.05, 0) is 55.3 Å². The Bertz CT molecular complexity index is 1010. The van der Waals surface area contributed by atoms with Crippen molar-refractivity contribution in [2.24, 2.45) is 0 Å². The van der Waals surface area contributed by atoms with Gasteiger partial charge in [-0.25, -0.2) is 0 Å². The van der Waals surface area contributed by atoms with Gasteiger partial charge >= 0.3 is 0 Å².